The van der Waals surface area contributed by atoms with Crippen LogP contribution >= 0.6 is 0 Å². The fourth-order valence-corrected chi connectivity index (χ4v) is 1.23. The molecule has 3 nitrogen and oxygen atoms in total. The first kappa shape index (κ1) is 11.4. The Hall–Kier alpha value is -1.64. The molecule has 0 aromatic heterocycles. The lowest BCUT2D eigenvalue weighted by Gasteiger charge is -2.12. The molecule has 0 bridgehead atoms. The van der Waals surface area contributed by atoms with Crippen LogP contribution in [0.2, 0.25) is 0 Å². The van der Waals surface area contributed by atoms with Gasteiger partial charge in [-0.05, 0) is 24.3 Å². The Bertz CT molecular complexity index is 366. The molecule has 80 valence electrons. The van der Waals surface area contributed by atoms with E-state index in [1.165, 1.54) is 0 Å². The predicted molar refractivity (Wildman–Crippen MR) is 60.4 cm³/mol. The summed E-state index contributed by atoms with van der Waals surface area (Å²) in [7, 11) is 3.85. The van der Waals surface area contributed by atoms with E-state index in [1.807, 2.05) is 31.1 Å². The minimum Gasteiger partial charge on any atom is -0.378 e. The summed E-state index contributed by atoms with van der Waals surface area (Å²) in [4.78, 5) is 24.6. The normalized spacial score (nSPS) is 9.80. The highest BCUT2D eigenvalue weighted by molar-refractivity contribution is 6.43. The molecule has 0 amide bonds. The molecule has 0 spiro atoms. The number of Topliss-reactive ketones (excluding diaryl/α,β-unsaturated/α-hetero) is 2. The van der Waals surface area contributed by atoms with Crippen LogP contribution in [0.25, 0.3) is 0 Å². The van der Waals surface area contributed by atoms with Gasteiger partial charge in [0.2, 0.25) is 11.6 Å². The average Bonchev–Trinajstić information content (AvgIpc) is 2.27. The lowest BCUT2D eigenvalue weighted by molar-refractivity contribution is -0.114. The number of carbonyl (C=O) groups excluding carboxylic acids is 2. The van der Waals surface area contributed by atoms with Gasteiger partial charge in [0.15, 0.2) is 0 Å². The summed E-state index contributed by atoms with van der Waals surface area (Å²) < 4.78 is 0. The summed E-state index contributed by atoms with van der Waals surface area (Å²) in [5, 5.41) is 0. The summed E-state index contributed by atoms with van der Waals surface area (Å²) >= 11 is 0. The van der Waals surface area contributed by atoms with Gasteiger partial charge in [-0.1, -0.05) is 6.92 Å². The lowest BCUT2D eigenvalue weighted by Crippen LogP contribution is -2.13. The standard InChI is InChI=1S/C12H15NO2/c1-4-11(14)12(15)9-5-7-10(8-6-9)13(2)3/h5-8H,4H2,1-3H3. The van der Waals surface area contributed by atoms with Gasteiger partial charge in [0, 0.05) is 31.8 Å². The smallest absolute Gasteiger partial charge is 0.228 e. The Morgan fingerprint density at radius 2 is 1.67 bits per heavy atom. The van der Waals surface area contributed by atoms with E-state index < -0.39 is 5.78 Å². The second-order valence-corrected chi connectivity index (χ2v) is 3.55. The van der Waals surface area contributed by atoms with Crippen LogP contribution in [0.1, 0.15) is 23.7 Å². The Balaban J connectivity index is 2.89. The number of carbonyl (C=O) groups is 2. The molecule has 0 unspecified atom stereocenters. The molecule has 0 fully saturated rings. The first-order valence-corrected chi connectivity index (χ1v) is 4.91. The van der Waals surface area contributed by atoms with E-state index in [2.05, 4.69) is 0 Å². The van der Waals surface area contributed by atoms with Crippen molar-refractivity contribution in [1.29, 1.82) is 0 Å². The predicted octanol–water partition coefficient (Wildman–Crippen LogP) is 1.91. The molecule has 0 radical (unpaired) electrons. The SMILES string of the molecule is CCC(=O)C(=O)c1ccc(N(C)C)cc1. The number of benzene rings is 1. The monoisotopic (exact) mass is 205 g/mol. The third kappa shape index (κ3) is 2.65. The minimum absolute atomic E-state index is 0.258. The molecular formula is C12H15NO2. The van der Waals surface area contributed by atoms with Crippen molar-refractivity contribution in [1.82, 2.24) is 0 Å². The number of ketones is 2. The van der Waals surface area contributed by atoms with E-state index in [4.69, 9.17) is 0 Å². The maximum Gasteiger partial charge on any atom is 0.228 e. The van der Waals surface area contributed by atoms with Crippen molar-refractivity contribution < 1.29 is 9.59 Å². The minimum atomic E-state index is -0.400. The van der Waals surface area contributed by atoms with Crippen LogP contribution in [-0.4, -0.2) is 25.7 Å². The van der Waals surface area contributed by atoms with Crippen LogP contribution in [0.4, 0.5) is 5.69 Å². The van der Waals surface area contributed by atoms with E-state index >= 15 is 0 Å². The van der Waals surface area contributed by atoms with Gasteiger partial charge in [0.05, 0.1) is 0 Å². The highest BCUT2D eigenvalue weighted by atomic mass is 16.2. The maximum atomic E-state index is 11.5. The van der Waals surface area contributed by atoms with Crippen LogP contribution in [0.5, 0.6) is 0 Å². The van der Waals surface area contributed by atoms with Crippen molar-refractivity contribution in [3.05, 3.63) is 29.8 Å². The molecule has 0 aliphatic rings. The van der Waals surface area contributed by atoms with Gasteiger partial charge in [0.25, 0.3) is 0 Å². The van der Waals surface area contributed by atoms with Crippen LogP contribution in [0.3, 0.4) is 0 Å². The summed E-state index contributed by atoms with van der Waals surface area (Å²) in [5.74, 6) is -0.740. The van der Waals surface area contributed by atoms with Gasteiger partial charge in [-0.3, -0.25) is 9.59 Å². The van der Waals surface area contributed by atoms with Crippen LogP contribution in [0, 0.1) is 0 Å². The zero-order chi connectivity index (χ0) is 11.4. The topological polar surface area (TPSA) is 37.4 Å². The van der Waals surface area contributed by atoms with Crippen molar-refractivity contribution in [3.8, 4) is 0 Å². The van der Waals surface area contributed by atoms with Crippen LogP contribution in [0.15, 0.2) is 24.3 Å². The molecule has 1 aromatic carbocycles. The van der Waals surface area contributed by atoms with Crippen molar-refractivity contribution in [2.45, 2.75) is 13.3 Å². The van der Waals surface area contributed by atoms with Crippen molar-refractivity contribution >= 4 is 17.3 Å². The number of hydrogen-bond acceptors (Lipinski definition) is 3. The van der Waals surface area contributed by atoms with Gasteiger partial charge < -0.3 is 4.90 Å². The molecule has 0 heterocycles. The van der Waals surface area contributed by atoms with E-state index in [0.717, 1.165) is 5.69 Å². The zero-order valence-corrected chi connectivity index (χ0v) is 9.28. The zero-order valence-electron chi connectivity index (χ0n) is 9.28. The van der Waals surface area contributed by atoms with E-state index in [0.29, 0.717) is 5.56 Å². The number of hydrogen-bond donors (Lipinski definition) is 0. The maximum absolute atomic E-state index is 11.5. The summed E-state index contributed by atoms with van der Waals surface area (Å²) in [6.45, 7) is 1.69. The largest absolute Gasteiger partial charge is 0.378 e. The van der Waals surface area contributed by atoms with Gasteiger partial charge in [-0.25, -0.2) is 0 Å². The second kappa shape index (κ2) is 4.73. The second-order valence-electron chi connectivity index (χ2n) is 3.55. The Labute approximate surface area is 89.7 Å². The molecule has 0 saturated heterocycles. The van der Waals surface area contributed by atoms with Gasteiger partial charge in [-0.15, -0.1) is 0 Å². The van der Waals surface area contributed by atoms with Crippen molar-refractivity contribution in [2.24, 2.45) is 0 Å². The Morgan fingerprint density at radius 3 is 2.07 bits per heavy atom. The Morgan fingerprint density at radius 1 is 1.13 bits per heavy atom. The fourth-order valence-electron chi connectivity index (χ4n) is 1.23. The molecule has 3 heteroatoms. The Kier molecular flexibility index (Phi) is 3.61. The highest BCUT2D eigenvalue weighted by Gasteiger charge is 2.13. The number of anilines is 1. The molecule has 1 rings (SSSR count). The van der Waals surface area contributed by atoms with E-state index in [9.17, 15) is 9.59 Å². The van der Waals surface area contributed by atoms with Crippen molar-refractivity contribution in [3.63, 3.8) is 0 Å². The molecular weight excluding hydrogens is 190 g/mol. The van der Waals surface area contributed by atoms with Crippen LogP contribution < -0.4 is 4.90 Å². The average molecular weight is 205 g/mol. The first-order valence-electron chi connectivity index (χ1n) is 4.91. The highest BCUT2D eigenvalue weighted by Crippen LogP contribution is 2.13. The summed E-state index contributed by atoms with van der Waals surface area (Å²) in [5.41, 5.74) is 1.47. The molecule has 0 N–H and O–H groups in total. The third-order valence-corrected chi connectivity index (χ3v) is 2.22. The number of rotatable bonds is 4. The fraction of sp³-hybridized carbons (Fsp3) is 0.333. The van der Waals surface area contributed by atoms with Gasteiger partial charge >= 0.3 is 0 Å². The molecule has 0 aliphatic heterocycles. The van der Waals surface area contributed by atoms with Crippen molar-refractivity contribution in [2.75, 3.05) is 19.0 Å². The molecule has 0 atom stereocenters. The summed E-state index contributed by atoms with van der Waals surface area (Å²) in [6.07, 6.45) is 0.258. The van der Waals surface area contributed by atoms with E-state index in [-0.39, 0.29) is 12.2 Å². The van der Waals surface area contributed by atoms with Gasteiger partial charge in [-0.2, -0.15) is 0 Å². The molecule has 0 aliphatic carbocycles. The summed E-state index contributed by atoms with van der Waals surface area (Å²) in [6, 6.07) is 7.03. The quantitative estimate of drug-likeness (QED) is 0.556. The molecule has 1 aromatic rings. The number of nitrogens with zero attached hydrogens (tertiary/aromatic N) is 1. The van der Waals surface area contributed by atoms with E-state index in [1.54, 1.807) is 19.1 Å². The van der Waals surface area contributed by atoms with Crippen LogP contribution in [-0.2, 0) is 4.79 Å². The molecule has 0 saturated carbocycles. The van der Waals surface area contributed by atoms with Gasteiger partial charge in [0.1, 0.15) is 0 Å². The lowest BCUT2D eigenvalue weighted by atomic mass is 10.1. The molecule has 15 heavy (non-hydrogen) atoms. The first-order chi connectivity index (χ1) is 7.06. The third-order valence-electron chi connectivity index (χ3n) is 2.22.